The molecule has 0 bridgehead atoms. The zero-order chi connectivity index (χ0) is 18.3. The molecule has 1 N–H and O–H groups in total. The van der Waals surface area contributed by atoms with Gasteiger partial charge < -0.3 is 14.6 Å². The second-order valence-corrected chi connectivity index (χ2v) is 7.26. The molecule has 1 aliphatic carbocycles. The molecule has 2 heterocycles. The van der Waals surface area contributed by atoms with Crippen molar-refractivity contribution in [3.63, 3.8) is 0 Å². The highest BCUT2D eigenvalue weighted by Gasteiger charge is 2.30. The van der Waals surface area contributed by atoms with Gasteiger partial charge in [-0.05, 0) is 52.9 Å². The molecule has 0 saturated heterocycles. The highest BCUT2D eigenvalue weighted by molar-refractivity contribution is 9.10. The molecule has 2 aromatic heterocycles. The molecule has 1 saturated carbocycles. The number of aliphatic hydroxyl groups is 1. The minimum Gasteiger partial charge on any atom is -0.493 e. The third-order valence-electron chi connectivity index (χ3n) is 4.50. The van der Waals surface area contributed by atoms with Crippen molar-refractivity contribution in [3.8, 4) is 17.2 Å². The molecule has 1 aliphatic rings. The number of methoxy groups -OCH3 is 1. The highest BCUT2D eigenvalue weighted by Crippen LogP contribution is 2.34. The van der Waals surface area contributed by atoms with Gasteiger partial charge in [-0.25, -0.2) is 4.52 Å². The molecule has 0 spiro atoms. The van der Waals surface area contributed by atoms with Gasteiger partial charge in [-0.2, -0.15) is 5.10 Å². The van der Waals surface area contributed by atoms with E-state index in [2.05, 4.69) is 21.0 Å². The van der Waals surface area contributed by atoms with Crippen molar-refractivity contribution in [1.82, 2.24) is 14.2 Å². The highest BCUT2D eigenvalue weighted by atomic mass is 79.9. The number of aromatic nitrogens is 3. The largest absolute Gasteiger partial charge is 0.493 e. The van der Waals surface area contributed by atoms with Crippen LogP contribution in [0.4, 0.5) is 0 Å². The van der Waals surface area contributed by atoms with Crippen LogP contribution in [0.25, 0.3) is 11.2 Å². The number of aliphatic hydroxyl groups excluding tert-OH is 1. The zero-order valence-electron chi connectivity index (χ0n) is 14.1. The van der Waals surface area contributed by atoms with E-state index < -0.39 is 6.10 Å². The third kappa shape index (κ3) is 3.22. The number of ether oxygens (including phenoxy) is 2. The minimum absolute atomic E-state index is 0.189. The van der Waals surface area contributed by atoms with E-state index in [4.69, 9.17) is 9.47 Å². The van der Waals surface area contributed by atoms with Gasteiger partial charge in [-0.1, -0.05) is 0 Å². The van der Waals surface area contributed by atoms with Gasteiger partial charge in [0.15, 0.2) is 11.5 Å². The van der Waals surface area contributed by atoms with Crippen LogP contribution in [-0.2, 0) is 0 Å². The molecule has 26 heavy (non-hydrogen) atoms. The van der Waals surface area contributed by atoms with Gasteiger partial charge >= 0.3 is 0 Å². The number of fused-ring (bicyclic) bond motifs is 1. The Bertz CT molecular complexity index is 1010. The van der Waals surface area contributed by atoms with Crippen molar-refractivity contribution in [1.29, 1.82) is 0 Å². The summed E-state index contributed by atoms with van der Waals surface area (Å²) < 4.78 is 14.9. The second kappa shape index (κ2) is 6.77. The summed E-state index contributed by atoms with van der Waals surface area (Å²) in [5.41, 5.74) is 0.895. The molecule has 8 heteroatoms. The lowest BCUT2D eigenvalue weighted by Crippen LogP contribution is -2.21. The topological polar surface area (TPSA) is 78.0 Å². The predicted octanol–water partition coefficient (Wildman–Crippen LogP) is 2.41. The maximum atomic E-state index is 12.7. The Kier molecular flexibility index (Phi) is 4.46. The second-order valence-electron chi connectivity index (χ2n) is 6.35. The first-order valence-corrected chi connectivity index (χ1v) is 9.11. The van der Waals surface area contributed by atoms with Crippen LogP contribution in [0, 0.1) is 5.92 Å². The first-order chi connectivity index (χ1) is 12.6. The fraction of sp³-hybridized carbons (Fsp3) is 0.333. The van der Waals surface area contributed by atoms with Crippen molar-refractivity contribution in [3.05, 3.63) is 51.6 Å². The lowest BCUT2D eigenvalue weighted by Gasteiger charge is -2.15. The van der Waals surface area contributed by atoms with Crippen LogP contribution in [0.15, 0.2) is 46.1 Å². The Balaban J connectivity index is 1.64. The summed E-state index contributed by atoms with van der Waals surface area (Å²) in [7, 11) is 1.54. The van der Waals surface area contributed by atoms with Gasteiger partial charge in [-0.15, -0.1) is 0 Å². The van der Waals surface area contributed by atoms with Crippen molar-refractivity contribution in [2.24, 2.45) is 5.92 Å². The van der Waals surface area contributed by atoms with E-state index in [0.29, 0.717) is 28.6 Å². The fourth-order valence-electron chi connectivity index (χ4n) is 2.86. The molecule has 0 amide bonds. The van der Waals surface area contributed by atoms with Crippen molar-refractivity contribution in [2.45, 2.75) is 18.9 Å². The lowest BCUT2D eigenvalue weighted by molar-refractivity contribution is 0.0880. The van der Waals surface area contributed by atoms with Crippen LogP contribution in [0.5, 0.6) is 11.5 Å². The van der Waals surface area contributed by atoms with Crippen LogP contribution in [0.3, 0.4) is 0 Å². The molecular weight excluding hydrogens is 402 g/mol. The van der Waals surface area contributed by atoms with Crippen LogP contribution < -0.4 is 15.0 Å². The molecule has 1 fully saturated rings. The summed E-state index contributed by atoms with van der Waals surface area (Å²) in [4.78, 5) is 12.7. The van der Waals surface area contributed by atoms with E-state index in [-0.39, 0.29) is 12.2 Å². The van der Waals surface area contributed by atoms with Gasteiger partial charge in [-0.3, -0.25) is 9.36 Å². The van der Waals surface area contributed by atoms with Crippen LogP contribution in [0.1, 0.15) is 12.8 Å². The van der Waals surface area contributed by atoms with E-state index in [9.17, 15) is 9.90 Å². The van der Waals surface area contributed by atoms with Gasteiger partial charge in [0.2, 0.25) is 0 Å². The van der Waals surface area contributed by atoms with Crippen LogP contribution >= 0.6 is 15.9 Å². The summed E-state index contributed by atoms with van der Waals surface area (Å²) >= 11 is 3.35. The van der Waals surface area contributed by atoms with Crippen molar-refractivity contribution in [2.75, 3.05) is 13.7 Å². The van der Waals surface area contributed by atoms with E-state index in [1.807, 2.05) is 0 Å². The Morgan fingerprint density at radius 2 is 2.15 bits per heavy atom. The average molecular weight is 420 g/mol. The van der Waals surface area contributed by atoms with Crippen LogP contribution in [0.2, 0.25) is 0 Å². The molecule has 7 nitrogen and oxygen atoms in total. The lowest BCUT2D eigenvalue weighted by atomic mass is 10.2. The summed E-state index contributed by atoms with van der Waals surface area (Å²) in [5, 5.41) is 14.2. The van der Waals surface area contributed by atoms with E-state index in [1.165, 1.54) is 22.5 Å². The number of hydrogen-bond acceptors (Lipinski definition) is 5. The summed E-state index contributed by atoms with van der Waals surface area (Å²) in [6.07, 6.45) is 4.84. The summed E-state index contributed by atoms with van der Waals surface area (Å²) in [6, 6.07) is 6.94. The summed E-state index contributed by atoms with van der Waals surface area (Å²) in [6.45, 7) is 0.228. The molecule has 136 valence electrons. The van der Waals surface area contributed by atoms with Gasteiger partial charge in [0, 0.05) is 16.7 Å². The van der Waals surface area contributed by atoms with E-state index in [0.717, 1.165) is 17.3 Å². The maximum absolute atomic E-state index is 12.7. The molecule has 4 rings (SSSR count). The van der Waals surface area contributed by atoms with Gasteiger partial charge in [0.25, 0.3) is 5.56 Å². The molecule has 1 aromatic carbocycles. The van der Waals surface area contributed by atoms with Gasteiger partial charge in [0.1, 0.15) is 18.5 Å². The Labute approximate surface area is 157 Å². The van der Waals surface area contributed by atoms with Crippen molar-refractivity contribution >= 4 is 21.4 Å². The number of nitrogens with zero attached hydrogens (tertiary/aromatic N) is 3. The molecule has 3 aromatic rings. The average Bonchev–Trinajstić information content (AvgIpc) is 3.42. The maximum Gasteiger partial charge on any atom is 0.282 e. The van der Waals surface area contributed by atoms with E-state index >= 15 is 0 Å². The number of rotatable bonds is 6. The minimum atomic E-state index is -0.457. The van der Waals surface area contributed by atoms with E-state index in [1.54, 1.807) is 30.5 Å². The molecule has 1 atom stereocenters. The molecule has 0 aliphatic heterocycles. The molecular formula is C18H18BrN3O4. The standard InChI is InChI=1S/C18H18BrN3O4/c1-25-17-7-13(4-5-16(17)26-9-15(23)11-2-3-11)21-10-20-22-8-12(19)6-14(22)18(21)24/h4-8,10-11,15,23H,2-3,9H2,1H3. The number of hydrogen-bond donors (Lipinski definition) is 1. The van der Waals surface area contributed by atoms with Crippen molar-refractivity contribution < 1.29 is 14.6 Å². The smallest absolute Gasteiger partial charge is 0.282 e. The SMILES string of the molecule is COc1cc(-n2cnn3cc(Br)cc3c2=O)ccc1OCC(O)C1CC1. The Hall–Kier alpha value is -2.32. The molecule has 1 unspecified atom stereocenters. The monoisotopic (exact) mass is 419 g/mol. The third-order valence-corrected chi connectivity index (χ3v) is 4.93. The number of halogens is 1. The first-order valence-electron chi connectivity index (χ1n) is 8.31. The fourth-order valence-corrected chi connectivity index (χ4v) is 3.27. The summed E-state index contributed by atoms with van der Waals surface area (Å²) in [5.74, 6) is 1.37. The Morgan fingerprint density at radius 3 is 2.88 bits per heavy atom. The normalized spacial score (nSPS) is 15.2. The quantitative estimate of drug-likeness (QED) is 0.663. The van der Waals surface area contributed by atoms with Gasteiger partial charge in [0.05, 0.1) is 18.9 Å². The Morgan fingerprint density at radius 1 is 1.35 bits per heavy atom. The molecule has 0 radical (unpaired) electrons. The van der Waals surface area contributed by atoms with Crippen LogP contribution in [-0.4, -0.2) is 39.1 Å². The first kappa shape index (κ1) is 17.1. The number of benzene rings is 1. The predicted molar refractivity (Wildman–Crippen MR) is 99.3 cm³/mol. The zero-order valence-corrected chi connectivity index (χ0v) is 15.7.